The van der Waals surface area contributed by atoms with Gasteiger partial charge in [0, 0.05) is 17.7 Å². The standard InChI is InChI=1S/C14H14N2O4/c17-11-6-4-9(5-7-11)14(20)16-15-8-10-2-1-3-12(18)13(10)19/h1-7,15,17-19H,8H2,(H,16,20). The van der Waals surface area contributed by atoms with Crippen molar-refractivity contribution in [3.05, 3.63) is 53.6 Å². The predicted molar refractivity (Wildman–Crippen MR) is 72.2 cm³/mol. The number of aromatic hydroxyl groups is 3. The summed E-state index contributed by atoms with van der Waals surface area (Å²) in [6, 6.07) is 10.4. The van der Waals surface area contributed by atoms with Crippen LogP contribution in [-0.2, 0) is 6.54 Å². The molecule has 0 aliphatic carbocycles. The second-order valence-corrected chi connectivity index (χ2v) is 4.14. The monoisotopic (exact) mass is 274 g/mol. The van der Waals surface area contributed by atoms with Crippen molar-refractivity contribution in [3.8, 4) is 17.2 Å². The molecular formula is C14H14N2O4. The van der Waals surface area contributed by atoms with Crippen molar-refractivity contribution >= 4 is 5.91 Å². The first kappa shape index (κ1) is 13.7. The van der Waals surface area contributed by atoms with Gasteiger partial charge in [-0.25, -0.2) is 5.43 Å². The van der Waals surface area contributed by atoms with Crippen molar-refractivity contribution in [2.45, 2.75) is 6.54 Å². The van der Waals surface area contributed by atoms with Gasteiger partial charge in [0.1, 0.15) is 5.75 Å². The molecule has 2 aromatic rings. The van der Waals surface area contributed by atoms with Crippen LogP contribution in [-0.4, -0.2) is 21.2 Å². The summed E-state index contributed by atoms with van der Waals surface area (Å²) in [6.07, 6.45) is 0. The minimum absolute atomic E-state index is 0.0826. The van der Waals surface area contributed by atoms with Gasteiger partial charge in [-0.2, -0.15) is 0 Å². The zero-order valence-corrected chi connectivity index (χ0v) is 10.5. The summed E-state index contributed by atoms with van der Waals surface area (Å²) < 4.78 is 0. The molecule has 0 aromatic heterocycles. The fraction of sp³-hybridized carbons (Fsp3) is 0.0714. The first-order valence-corrected chi connectivity index (χ1v) is 5.90. The summed E-state index contributed by atoms with van der Waals surface area (Å²) in [4.78, 5) is 11.7. The molecule has 0 spiro atoms. The second kappa shape index (κ2) is 5.94. The lowest BCUT2D eigenvalue weighted by Crippen LogP contribution is -2.36. The maximum atomic E-state index is 11.7. The van der Waals surface area contributed by atoms with Crippen molar-refractivity contribution < 1.29 is 20.1 Å². The number of hydrazine groups is 1. The SMILES string of the molecule is O=C(NNCc1cccc(O)c1O)c1ccc(O)cc1. The second-order valence-electron chi connectivity index (χ2n) is 4.14. The van der Waals surface area contributed by atoms with Gasteiger partial charge in [0.05, 0.1) is 0 Å². The van der Waals surface area contributed by atoms with Crippen LogP contribution in [0, 0.1) is 0 Å². The average Bonchev–Trinajstić information content (AvgIpc) is 2.44. The van der Waals surface area contributed by atoms with Crippen LogP contribution in [0.2, 0.25) is 0 Å². The molecule has 6 nitrogen and oxygen atoms in total. The van der Waals surface area contributed by atoms with Gasteiger partial charge in [-0.05, 0) is 30.3 Å². The van der Waals surface area contributed by atoms with Gasteiger partial charge in [-0.3, -0.25) is 10.2 Å². The molecule has 2 rings (SSSR count). The van der Waals surface area contributed by atoms with Gasteiger partial charge in [0.25, 0.3) is 5.91 Å². The first-order chi connectivity index (χ1) is 9.58. The zero-order valence-electron chi connectivity index (χ0n) is 10.5. The highest BCUT2D eigenvalue weighted by atomic mass is 16.3. The Morgan fingerprint density at radius 2 is 1.70 bits per heavy atom. The molecule has 0 fully saturated rings. The van der Waals surface area contributed by atoms with Gasteiger partial charge >= 0.3 is 0 Å². The van der Waals surface area contributed by atoms with Crippen LogP contribution in [0.1, 0.15) is 15.9 Å². The highest BCUT2D eigenvalue weighted by Crippen LogP contribution is 2.27. The lowest BCUT2D eigenvalue weighted by atomic mass is 10.2. The van der Waals surface area contributed by atoms with E-state index in [0.29, 0.717) is 11.1 Å². The minimum Gasteiger partial charge on any atom is -0.508 e. The van der Waals surface area contributed by atoms with Crippen LogP contribution in [0.5, 0.6) is 17.2 Å². The Balaban J connectivity index is 1.91. The van der Waals surface area contributed by atoms with E-state index < -0.39 is 0 Å². The molecule has 0 saturated carbocycles. The summed E-state index contributed by atoms with van der Waals surface area (Å²) in [6.45, 7) is 0.157. The molecule has 0 aliphatic rings. The summed E-state index contributed by atoms with van der Waals surface area (Å²) >= 11 is 0. The smallest absolute Gasteiger partial charge is 0.265 e. The lowest BCUT2D eigenvalue weighted by molar-refractivity contribution is 0.0932. The first-order valence-electron chi connectivity index (χ1n) is 5.90. The van der Waals surface area contributed by atoms with Gasteiger partial charge in [-0.1, -0.05) is 12.1 Å². The molecule has 0 bridgehead atoms. The number of phenolic OH excluding ortho intramolecular Hbond substituents is 3. The molecule has 1 amide bonds. The number of phenols is 3. The maximum Gasteiger partial charge on any atom is 0.265 e. The summed E-state index contributed by atoms with van der Waals surface area (Å²) in [5, 5.41) is 28.0. The third-order valence-corrected chi connectivity index (χ3v) is 2.71. The Morgan fingerprint density at radius 3 is 2.40 bits per heavy atom. The quantitative estimate of drug-likeness (QED) is 0.426. The third kappa shape index (κ3) is 3.18. The highest BCUT2D eigenvalue weighted by molar-refractivity contribution is 5.93. The molecule has 5 N–H and O–H groups in total. The van der Waals surface area contributed by atoms with Crippen LogP contribution in [0.4, 0.5) is 0 Å². The maximum absolute atomic E-state index is 11.7. The fourth-order valence-electron chi connectivity index (χ4n) is 1.63. The van der Waals surface area contributed by atoms with E-state index in [1.807, 2.05) is 0 Å². The summed E-state index contributed by atoms with van der Waals surface area (Å²) in [5.74, 6) is -0.725. The van der Waals surface area contributed by atoms with Crippen molar-refractivity contribution in [2.75, 3.05) is 0 Å². The van der Waals surface area contributed by atoms with E-state index in [1.54, 1.807) is 12.1 Å². The zero-order chi connectivity index (χ0) is 14.5. The Kier molecular flexibility index (Phi) is 4.07. The molecule has 20 heavy (non-hydrogen) atoms. The van der Waals surface area contributed by atoms with Crippen LogP contribution in [0.15, 0.2) is 42.5 Å². The van der Waals surface area contributed by atoms with Gasteiger partial charge in [0.15, 0.2) is 11.5 Å². The molecule has 0 aliphatic heterocycles. The number of nitrogens with one attached hydrogen (secondary N) is 2. The fourth-order valence-corrected chi connectivity index (χ4v) is 1.63. The van der Waals surface area contributed by atoms with E-state index in [1.165, 1.54) is 30.3 Å². The van der Waals surface area contributed by atoms with Crippen LogP contribution >= 0.6 is 0 Å². The Hall–Kier alpha value is -2.73. The van der Waals surface area contributed by atoms with E-state index in [-0.39, 0.29) is 29.7 Å². The summed E-state index contributed by atoms with van der Waals surface area (Å²) in [5.41, 5.74) is 5.94. The Bertz CT molecular complexity index is 611. The third-order valence-electron chi connectivity index (χ3n) is 2.71. The van der Waals surface area contributed by atoms with Crippen LogP contribution in [0.3, 0.4) is 0 Å². The van der Waals surface area contributed by atoms with E-state index >= 15 is 0 Å². The normalized spacial score (nSPS) is 10.2. The van der Waals surface area contributed by atoms with Crippen molar-refractivity contribution in [2.24, 2.45) is 0 Å². The number of carbonyl (C=O) groups is 1. The number of hydrogen-bond acceptors (Lipinski definition) is 5. The van der Waals surface area contributed by atoms with E-state index in [9.17, 15) is 15.0 Å². The van der Waals surface area contributed by atoms with Gasteiger partial charge in [-0.15, -0.1) is 0 Å². The Morgan fingerprint density at radius 1 is 1.00 bits per heavy atom. The lowest BCUT2D eigenvalue weighted by Gasteiger charge is -2.09. The Labute approximate surface area is 115 Å². The van der Waals surface area contributed by atoms with Crippen molar-refractivity contribution in [1.82, 2.24) is 10.9 Å². The highest BCUT2D eigenvalue weighted by Gasteiger charge is 2.07. The minimum atomic E-state index is -0.371. The van der Waals surface area contributed by atoms with E-state index in [2.05, 4.69) is 10.9 Å². The average molecular weight is 274 g/mol. The van der Waals surface area contributed by atoms with Crippen LogP contribution < -0.4 is 10.9 Å². The molecule has 6 heteroatoms. The van der Waals surface area contributed by atoms with Gasteiger partial charge < -0.3 is 15.3 Å². The number of amides is 1. The van der Waals surface area contributed by atoms with Crippen LogP contribution in [0.25, 0.3) is 0 Å². The number of para-hydroxylation sites is 1. The number of hydrogen-bond donors (Lipinski definition) is 5. The molecule has 0 heterocycles. The van der Waals surface area contributed by atoms with E-state index in [0.717, 1.165) is 0 Å². The molecule has 2 aromatic carbocycles. The van der Waals surface area contributed by atoms with Gasteiger partial charge in [0.2, 0.25) is 0 Å². The number of benzene rings is 2. The molecule has 0 atom stereocenters. The van der Waals surface area contributed by atoms with Crippen molar-refractivity contribution in [3.63, 3.8) is 0 Å². The predicted octanol–water partition coefficient (Wildman–Crippen LogP) is 1.24. The largest absolute Gasteiger partial charge is 0.508 e. The topological polar surface area (TPSA) is 102 Å². The molecular weight excluding hydrogens is 260 g/mol. The molecule has 0 unspecified atom stereocenters. The summed E-state index contributed by atoms with van der Waals surface area (Å²) in [7, 11) is 0. The number of rotatable bonds is 4. The molecule has 104 valence electrons. The van der Waals surface area contributed by atoms with Crippen molar-refractivity contribution in [1.29, 1.82) is 0 Å². The molecule has 0 radical (unpaired) electrons. The molecule has 0 saturated heterocycles. The van der Waals surface area contributed by atoms with E-state index in [4.69, 9.17) is 5.11 Å². The number of carbonyl (C=O) groups excluding carboxylic acids is 1.